The van der Waals surface area contributed by atoms with E-state index in [9.17, 15) is 19.2 Å². The Morgan fingerprint density at radius 1 is 1.15 bits per heavy atom. The minimum Gasteiger partial charge on any atom is -0.463 e. The Labute approximate surface area is 155 Å². The van der Waals surface area contributed by atoms with E-state index in [-0.39, 0.29) is 13.2 Å². The number of nitrogens with one attached hydrogen (secondary N) is 1. The Kier molecular flexibility index (Phi) is 6.48. The minimum absolute atomic E-state index is 0.227. The predicted molar refractivity (Wildman–Crippen MR) is 88.9 cm³/mol. The zero-order valence-electron chi connectivity index (χ0n) is 14.6. The van der Waals surface area contributed by atoms with Crippen LogP contribution in [0.15, 0.2) is 0 Å². The summed E-state index contributed by atoms with van der Waals surface area (Å²) in [6.45, 7) is 3.60. The summed E-state index contributed by atoms with van der Waals surface area (Å²) in [5.41, 5.74) is 0. The molecule has 0 saturated carbocycles. The first-order chi connectivity index (χ1) is 12.2. The van der Waals surface area contributed by atoms with Gasteiger partial charge in [0.15, 0.2) is 18.4 Å². The summed E-state index contributed by atoms with van der Waals surface area (Å²) in [4.78, 5) is 48.0. The fourth-order valence-corrected chi connectivity index (χ4v) is 2.94. The predicted octanol–water partition coefficient (Wildman–Crippen LogP) is -0.119. The Morgan fingerprint density at radius 2 is 1.77 bits per heavy atom. The van der Waals surface area contributed by atoms with Crippen molar-refractivity contribution in [3.05, 3.63) is 0 Å². The number of hydrogen-bond acceptors (Lipinski definition) is 9. The molecule has 1 N–H and O–H groups in total. The van der Waals surface area contributed by atoms with Crippen LogP contribution in [0.25, 0.3) is 0 Å². The number of carbonyl (C=O) groups is 4. The lowest BCUT2D eigenvalue weighted by Gasteiger charge is -2.34. The van der Waals surface area contributed by atoms with E-state index in [2.05, 4.69) is 5.32 Å². The largest absolute Gasteiger partial charge is 0.463 e. The van der Waals surface area contributed by atoms with Gasteiger partial charge in [0.25, 0.3) is 0 Å². The van der Waals surface area contributed by atoms with Crippen LogP contribution in [0.1, 0.15) is 27.2 Å². The Bertz CT molecular complexity index is 625. The van der Waals surface area contributed by atoms with Gasteiger partial charge in [-0.15, -0.1) is 0 Å². The normalized spacial score (nSPS) is 28.3. The van der Waals surface area contributed by atoms with Gasteiger partial charge in [0.1, 0.15) is 12.7 Å². The number of nitrogens with zero attached hydrogens (tertiary/aromatic N) is 1. The van der Waals surface area contributed by atoms with Crippen molar-refractivity contribution in [2.45, 2.75) is 51.7 Å². The van der Waals surface area contributed by atoms with E-state index in [0.29, 0.717) is 11.4 Å². The zero-order valence-corrected chi connectivity index (χ0v) is 15.4. The van der Waals surface area contributed by atoms with Gasteiger partial charge in [-0.05, 0) is 0 Å². The van der Waals surface area contributed by atoms with Crippen molar-refractivity contribution in [3.8, 4) is 0 Å². The number of esters is 3. The highest BCUT2D eigenvalue weighted by Gasteiger charge is 2.53. The van der Waals surface area contributed by atoms with Gasteiger partial charge in [-0.3, -0.25) is 19.3 Å². The second-order valence-corrected chi connectivity index (χ2v) is 6.31. The van der Waals surface area contributed by atoms with Gasteiger partial charge < -0.3 is 24.3 Å². The number of ether oxygens (including phenoxy) is 4. The first-order valence-corrected chi connectivity index (χ1v) is 8.33. The van der Waals surface area contributed by atoms with E-state index in [4.69, 9.17) is 31.2 Å². The number of urea groups is 1. The Morgan fingerprint density at radius 3 is 2.31 bits per heavy atom. The van der Waals surface area contributed by atoms with E-state index >= 15 is 0 Å². The SMILES string of the molecule is CC(=O)OC[C@H]1O[C@@H](N2CCC(=S)NC2=O)[C@H](OC(C)=O)[C@@H]1OC(C)=O. The monoisotopic (exact) mass is 388 g/mol. The molecule has 11 heteroatoms. The molecule has 0 aromatic rings. The van der Waals surface area contributed by atoms with Gasteiger partial charge in [-0.2, -0.15) is 0 Å². The number of thiocarbonyl (C=S) groups is 1. The van der Waals surface area contributed by atoms with Gasteiger partial charge in [-0.25, -0.2) is 4.79 Å². The molecule has 0 radical (unpaired) electrons. The lowest BCUT2D eigenvalue weighted by atomic mass is 10.1. The molecule has 0 aromatic carbocycles. The lowest BCUT2D eigenvalue weighted by Crippen LogP contribution is -2.57. The summed E-state index contributed by atoms with van der Waals surface area (Å²) < 4.78 is 21.2. The Balaban J connectivity index is 2.27. The van der Waals surface area contributed by atoms with Crippen molar-refractivity contribution in [1.29, 1.82) is 0 Å². The molecule has 2 fully saturated rings. The maximum absolute atomic E-state index is 12.2. The van der Waals surface area contributed by atoms with Crippen molar-refractivity contribution in [2.24, 2.45) is 0 Å². The van der Waals surface area contributed by atoms with Gasteiger partial charge in [-0.1, -0.05) is 12.2 Å². The van der Waals surface area contributed by atoms with Gasteiger partial charge in [0, 0.05) is 33.7 Å². The average Bonchev–Trinajstić information content (AvgIpc) is 2.82. The van der Waals surface area contributed by atoms with Crippen LogP contribution in [-0.4, -0.2) is 71.5 Å². The summed E-state index contributed by atoms with van der Waals surface area (Å²) in [7, 11) is 0. The summed E-state index contributed by atoms with van der Waals surface area (Å²) in [6, 6.07) is -0.516. The molecular weight excluding hydrogens is 368 g/mol. The second-order valence-electron chi connectivity index (χ2n) is 5.81. The first-order valence-electron chi connectivity index (χ1n) is 7.92. The molecule has 26 heavy (non-hydrogen) atoms. The third-order valence-corrected chi connectivity index (χ3v) is 4.04. The molecule has 2 amide bonds. The molecule has 2 aliphatic rings. The van der Waals surface area contributed by atoms with Crippen molar-refractivity contribution in [1.82, 2.24) is 10.2 Å². The smallest absolute Gasteiger partial charge is 0.324 e. The second kappa shape index (κ2) is 8.41. The fraction of sp³-hybridized carbons (Fsp3) is 0.667. The number of rotatable bonds is 5. The lowest BCUT2D eigenvalue weighted by molar-refractivity contribution is -0.167. The topological polar surface area (TPSA) is 120 Å². The molecule has 0 unspecified atom stereocenters. The van der Waals surface area contributed by atoms with Gasteiger partial charge in [0.2, 0.25) is 0 Å². The highest BCUT2D eigenvalue weighted by atomic mass is 32.1. The summed E-state index contributed by atoms with van der Waals surface area (Å²) >= 11 is 4.97. The Hall–Kier alpha value is -2.27. The summed E-state index contributed by atoms with van der Waals surface area (Å²) in [6.07, 6.45) is -3.64. The van der Waals surface area contributed by atoms with Crippen LogP contribution in [0.5, 0.6) is 0 Å². The van der Waals surface area contributed by atoms with Crippen LogP contribution in [0, 0.1) is 0 Å². The summed E-state index contributed by atoms with van der Waals surface area (Å²) in [5.74, 6) is -1.82. The molecule has 2 rings (SSSR count). The van der Waals surface area contributed by atoms with Crippen molar-refractivity contribution in [3.63, 3.8) is 0 Å². The van der Waals surface area contributed by atoms with Crippen LogP contribution < -0.4 is 5.32 Å². The molecule has 0 aromatic heterocycles. The minimum atomic E-state index is -1.07. The van der Waals surface area contributed by atoms with Gasteiger partial charge >= 0.3 is 23.9 Å². The molecule has 0 spiro atoms. The van der Waals surface area contributed by atoms with E-state index in [0.717, 1.165) is 0 Å². The molecule has 2 aliphatic heterocycles. The molecule has 4 atom stereocenters. The third kappa shape index (κ3) is 4.88. The van der Waals surface area contributed by atoms with E-state index in [1.165, 1.54) is 25.7 Å². The highest BCUT2D eigenvalue weighted by molar-refractivity contribution is 7.80. The average molecular weight is 388 g/mol. The molecule has 144 valence electrons. The van der Waals surface area contributed by atoms with Crippen molar-refractivity contribution in [2.75, 3.05) is 13.2 Å². The molecule has 2 saturated heterocycles. The van der Waals surface area contributed by atoms with E-state index in [1.54, 1.807) is 0 Å². The maximum Gasteiger partial charge on any atom is 0.324 e. The summed E-state index contributed by atoms with van der Waals surface area (Å²) in [5, 5.41) is 2.51. The maximum atomic E-state index is 12.2. The number of amides is 2. The number of hydrogen-bond donors (Lipinski definition) is 1. The van der Waals surface area contributed by atoms with Crippen molar-refractivity contribution >= 4 is 41.1 Å². The van der Waals surface area contributed by atoms with Gasteiger partial charge in [0.05, 0.1) is 4.99 Å². The molecular formula is C15H20N2O8S. The molecule has 2 heterocycles. The number of carbonyl (C=O) groups excluding carboxylic acids is 4. The highest BCUT2D eigenvalue weighted by Crippen LogP contribution is 2.30. The zero-order chi connectivity index (χ0) is 19.4. The van der Waals surface area contributed by atoms with E-state index < -0.39 is 48.5 Å². The molecule has 10 nitrogen and oxygen atoms in total. The van der Waals surface area contributed by atoms with Crippen LogP contribution in [0.3, 0.4) is 0 Å². The van der Waals surface area contributed by atoms with Crippen LogP contribution in [0.4, 0.5) is 4.79 Å². The first kappa shape index (κ1) is 20.0. The quantitative estimate of drug-likeness (QED) is 0.390. The van der Waals surface area contributed by atoms with Crippen LogP contribution in [-0.2, 0) is 33.3 Å². The van der Waals surface area contributed by atoms with Crippen LogP contribution in [0.2, 0.25) is 0 Å². The van der Waals surface area contributed by atoms with E-state index in [1.807, 2.05) is 0 Å². The molecule has 0 bridgehead atoms. The van der Waals surface area contributed by atoms with Crippen molar-refractivity contribution < 1.29 is 38.1 Å². The third-order valence-electron chi connectivity index (χ3n) is 3.73. The van der Waals surface area contributed by atoms with Crippen LogP contribution >= 0.6 is 12.2 Å². The standard InChI is InChI=1S/C15H20N2O8S/c1-7(18)22-6-10-12(23-8(2)19)13(24-9(3)20)14(25-10)17-5-4-11(26)16-15(17)21/h10,12-14H,4-6H2,1-3H3,(H,16,21,26)/t10-,12-,13-,14-/m1/s1. The molecule has 0 aliphatic carbocycles. The fourth-order valence-electron chi connectivity index (χ4n) is 2.76.